The monoisotopic (exact) mass is 225 g/mol. The van der Waals surface area contributed by atoms with E-state index in [-0.39, 0.29) is 18.1 Å². The number of methoxy groups -OCH3 is 1. The summed E-state index contributed by atoms with van der Waals surface area (Å²) in [5.41, 5.74) is -0.0458. The smallest absolute Gasteiger partial charge is 0.307 e. The van der Waals surface area contributed by atoms with Crippen molar-refractivity contribution in [1.82, 2.24) is 4.98 Å². The molecule has 0 aromatic carbocycles. The fourth-order valence-electron chi connectivity index (χ4n) is 1.02. The van der Waals surface area contributed by atoms with Crippen molar-refractivity contribution in [3.05, 3.63) is 28.4 Å². The van der Waals surface area contributed by atoms with Crippen LogP contribution in [-0.2, 0) is 9.53 Å². The molecule has 1 aromatic heterocycles. The van der Waals surface area contributed by atoms with Gasteiger partial charge < -0.3 is 10.1 Å². The second-order valence-electron chi connectivity index (χ2n) is 2.91. The maximum absolute atomic E-state index is 10.8. The third-order valence-electron chi connectivity index (χ3n) is 1.82. The van der Waals surface area contributed by atoms with E-state index in [1.165, 1.54) is 25.4 Å². The molecule has 7 nitrogen and oxygen atoms in total. The molecule has 1 heterocycles. The summed E-state index contributed by atoms with van der Waals surface area (Å²) in [5, 5.41) is 13.2. The van der Waals surface area contributed by atoms with Crippen molar-refractivity contribution in [2.24, 2.45) is 0 Å². The highest BCUT2D eigenvalue weighted by atomic mass is 16.6. The number of nitro groups is 1. The van der Waals surface area contributed by atoms with Crippen LogP contribution in [0.25, 0.3) is 0 Å². The summed E-state index contributed by atoms with van der Waals surface area (Å²) >= 11 is 0. The summed E-state index contributed by atoms with van der Waals surface area (Å²) in [5.74, 6) is 0.0102. The quantitative estimate of drug-likeness (QED) is 0.455. The summed E-state index contributed by atoms with van der Waals surface area (Å²) in [7, 11) is 1.30. The Hall–Kier alpha value is -2.18. The van der Waals surface area contributed by atoms with Crippen LogP contribution in [0.4, 0.5) is 11.5 Å². The van der Waals surface area contributed by atoms with E-state index in [2.05, 4.69) is 15.0 Å². The van der Waals surface area contributed by atoms with Gasteiger partial charge in [0.05, 0.1) is 24.5 Å². The lowest BCUT2D eigenvalue weighted by Gasteiger charge is -2.03. The first kappa shape index (κ1) is 11.9. The first-order valence-corrected chi connectivity index (χ1v) is 4.54. The number of pyridine rings is 1. The normalized spacial score (nSPS) is 9.56. The van der Waals surface area contributed by atoms with Crippen LogP contribution in [0.3, 0.4) is 0 Å². The zero-order valence-corrected chi connectivity index (χ0v) is 8.67. The number of esters is 1. The van der Waals surface area contributed by atoms with Gasteiger partial charge in [0.1, 0.15) is 5.82 Å². The van der Waals surface area contributed by atoms with Crippen LogP contribution in [0.2, 0.25) is 0 Å². The van der Waals surface area contributed by atoms with E-state index in [9.17, 15) is 14.9 Å². The number of nitrogens with zero attached hydrogens (tertiary/aromatic N) is 2. The Morgan fingerprint density at radius 2 is 2.44 bits per heavy atom. The molecule has 0 bridgehead atoms. The van der Waals surface area contributed by atoms with Crippen LogP contribution in [0.15, 0.2) is 18.3 Å². The molecule has 0 radical (unpaired) electrons. The molecule has 1 N–H and O–H groups in total. The second kappa shape index (κ2) is 5.64. The van der Waals surface area contributed by atoms with Crippen LogP contribution in [0, 0.1) is 10.1 Å². The standard InChI is InChI=1S/C9H11N3O4/c1-16-9(13)3-5-11-8-6-7(12(14)15)2-4-10-8/h2,4,6H,3,5H2,1H3,(H,10,11). The molecule has 0 unspecified atom stereocenters. The van der Waals surface area contributed by atoms with E-state index in [1.54, 1.807) is 0 Å². The second-order valence-corrected chi connectivity index (χ2v) is 2.91. The highest BCUT2D eigenvalue weighted by Gasteiger charge is 2.06. The average Bonchev–Trinajstić information content (AvgIpc) is 2.29. The Bertz CT molecular complexity index is 394. The number of carbonyl (C=O) groups is 1. The predicted molar refractivity (Wildman–Crippen MR) is 56.0 cm³/mol. The molecule has 0 aliphatic carbocycles. The van der Waals surface area contributed by atoms with Crippen LogP contribution in [-0.4, -0.2) is 29.5 Å². The lowest BCUT2D eigenvalue weighted by Crippen LogP contribution is -2.10. The molecule has 86 valence electrons. The van der Waals surface area contributed by atoms with Gasteiger partial charge in [0.25, 0.3) is 5.69 Å². The van der Waals surface area contributed by atoms with E-state index in [0.717, 1.165) is 0 Å². The molecule has 0 fully saturated rings. The first-order valence-electron chi connectivity index (χ1n) is 4.54. The molecular formula is C9H11N3O4. The van der Waals surface area contributed by atoms with Gasteiger partial charge in [-0.25, -0.2) is 4.98 Å². The Balaban J connectivity index is 2.51. The van der Waals surface area contributed by atoms with Crippen LogP contribution >= 0.6 is 0 Å². The largest absolute Gasteiger partial charge is 0.469 e. The van der Waals surface area contributed by atoms with Crippen molar-refractivity contribution in [1.29, 1.82) is 0 Å². The summed E-state index contributed by atoms with van der Waals surface area (Å²) < 4.78 is 4.44. The van der Waals surface area contributed by atoms with E-state index >= 15 is 0 Å². The van der Waals surface area contributed by atoms with Gasteiger partial charge in [-0.3, -0.25) is 14.9 Å². The summed E-state index contributed by atoms with van der Waals surface area (Å²) in [6.07, 6.45) is 1.51. The molecule has 1 aromatic rings. The Kier molecular flexibility index (Phi) is 4.19. The lowest BCUT2D eigenvalue weighted by atomic mass is 10.4. The van der Waals surface area contributed by atoms with Gasteiger partial charge in [0, 0.05) is 18.8 Å². The third kappa shape index (κ3) is 3.52. The molecule has 1 rings (SSSR count). The number of hydrogen-bond donors (Lipinski definition) is 1. The van der Waals surface area contributed by atoms with E-state index < -0.39 is 4.92 Å². The first-order chi connectivity index (χ1) is 7.63. The Labute approximate surface area is 91.6 Å². The zero-order chi connectivity index (χ0) is 12.0. The minimum absolute atomic E-state index is 0.0458. The van der Waals surface area contributed by atoms with Gasteiger partial charge >= 0.3 is 5.97 Å². The highest BCUT2D eigenvalue weighted by Crippen LogP contribution is 2.13. The molecule has 7 heteroatoms. The molecule has 0 aliphatic heterocycles. The summed E-state index contributed by atoms with van der Waals surface area (Å²) in [6.45, 7) is 0.320. The van der Waals surface area contributed by atoms with Crippen molar-refractivity contribution in [2.75, 3.05) is 19.0 Å². The Morgan fingerprint density at radius 3 is 3.06 bits per heavy atom. The predicted octanol–water partition coefficient (Wildman–Crippen LogP) is 0.965. The number of anilines is 1. The fraction of sp³-hybridized carbons (Fsp3) is 0.333. The van der Waals surface area contributed by atoms with Crippen molar-refractivity contribution in [3.63, 3.8) is 0 Å². The van der Waals surface area contributed by atoms with Gasteiger partial charge in [-0.2, -0.15) is 0 Å². The molecule has 0 atom stereocenters. The number of carbonyl (C=O) groups excluding carboxylic acids is 1. The van der Waals surface area contributed by atoms with Gasteiger partial charge in [-0.05, 0) is 0 Å². The van der Waals surface area contributed by atoms with Crippen LogP contribution in [0.1, 0.15) is 6.42 Å². The number of hydrogen-bond acceptors (Lipinski definition) is 6. The fourth-order valence-corrected chi connectivity index (χ4v) is 1.02. The SMILES string of the molecule is COC(=O)CCNc1cc([N+](=O)[O-])ccn1. The minimum Gasteiger partial charge on any atom is -0.469 e. The number of rotatable bonds is 5. The molecule has 16 heavy (non-hydrogen) atoms. The molecule has 0 amide bonds. The summed E-state index contributed by atoms with van der Waals surface area (Å²) in [6, 6.07) is 2.60. The zero-order valence-electron chi connectivity index (χ0n) is 8.67. The third-order valence-corrected chi connectivity index (χ3v) is 1.82. The number of ether oxygens (including phenoxy) is 1. The lowest BCUT2D eigenvalue weighted by molar-refractivity contribution is -0.384. The molecule has 0 saturated heterocycles. The average molecular weight is 225 g/mol. The highest BCUT2D eigenvalue weighted by molar-refractivity contribution is 5.69. The summed E-state index contributed by atoms with van der Waals surface area (Å²) in [4.78, 5) is 24.6. The van der Waals surface area contributed by atoms with Gasteiger partial charge in [0.2, 0.25) is 0 Å². The maximum Gasteiger partial charge on any atom is 0.307 e. The minimum atomic E-state index is -0.507. The molecule has 0 spiro atoms. The molecule has 0 saturated carbocycles. The molecular weight excluding hydrogens is 214 g/mol. The van der Waals surface area contributed by atoms with E-state index in [4.69, 9.17) is 0 Å². The van der Waals surface area contributed by atoms with Gasteiger partial charge in [-0.1, -0.05) is 0 Å². The van der Waals surface area contributed by atoms with Crippen molar-refractivity contribution >= 4 is 17.5 Å². The molecule has 0 aliphatic rings. The van der Waals surface area contributed by atoms with Crippen molar-refractivity contribution in [3.8, 4) is 0 Å². The van der Waals surface area contributed by atoms with Crippen LogP contribution in [0.5, 0.6) is 0 Å². The Morgan fingerprint density at radius 1 is 1.69 bits per heavy atom. The van der Waals surface area contributed by atoms with E-state index in [0.29, 0.717) is 12.4 Å². The number of nitrogens with one attached hydrogen (secondary N) is 1. The van der Waals surface area contributed by atoms with Gasteiger partial charge in [-0.15, -0.1) is 0 Å². The van der Waals surface area contributed by atoms with E-state index in [1.807, 2.05) is 0 Å². The van der Waals surface area contributed by atoms with Crippen molar-refractivity contribution < 1.29 is 14.5 Å². The topological polar surface area (TPSA) is 94.4 Å². The van der Waals surface area contributed by atoms with Crippen LogP contribution < -0.4 is 5.32 Å². The number of aromatic nitrogens is 1. The van der Waals surface area contributed by atoms with Gasteiger partial charge in [0.15, 0.2) is 0 Å². The maximum atomic E-state index is 10.8. The van der Waals surface area contributed by atoms with Crippen molar-refractivity contribution in [2.45, 2.75) is 6.42 Å².